The highest BCUT2D eigenvalue weighted by atomic mass is 79.9. The van der Waals surface area contributed by atoms with Crippen LogP contribution in [0, 0.1) is 13.8 Å². The molecule has 0 aliphatic carbocycles. The van der Waals surface area contributed by atoms with Crippen molar-refractivity contribution >= 4 is 27.7 Å². The van der Waals surface area contributed by atoms with Gasteiger partial charge in [0.15, 0.2) is 0 Å². The number of benzene rings is 2. The molecule has 6 nitrogen and oxygen atoms in total. The smallest absolute Gasteiger partial charge is 0.438 e. The summed E-state index contributed by atoms with van der Waals surface area (Å²) in [5.41, 5.74) is 3.43. The Morgan fingerprint density at radius 3 is 2.56 bits per heavy atom. The van der Waals surface area contributed by atoms with Crippen LogP contribution in [0.2, 0.25) is 0 Å². The standard InChI is InChI=1S/C18H20BrNO5/c1-11-7-15(19)17(8-12(11)2)25-10-14-13(9-21)5-4-6-16(14)20(23)18(22)24-3/h4-8,21,23H,9-10H2,1-3H3. The molecule has 0 aliphatic rings. The van der Waals surface area contributed by atoms with E-state index in [1.54, 1.807) is 18.2 Å². The van der Waals surface area contributed by atoms with Crippen LogP contribution in [-0.2, 0) is 18.0 Å². The first kappa shape index (κ1) is 19.2. The Labute approximate surface area is 154 Å². The van der Waals surface area contributed by atoms with Gasteiger partial charge in [0.1, 0.15) is 12.4 Å². The zero-order chi connectivity index (χ0) is 18.6. The topological polar surface area (TPSA) is 79.2 Å². The summed E-state index contributed by atoms with van der Waals surface area (Å²) >= 11 is 3.46. The number of aliphatic hydroxyl groups is 1. The third-order valence-electron chi connectivity index (χ3n) is 3.91. The van der Waals surface area contributed by atoms with E-state index >= 15 is 0 Å². The van der Waals surface area contributed by atoms with E-state index in [-0.39, 0.29) is 18.9 Å². The molecule has 2 aromatic carbocycles. The van der Waals surface area contributed by atoms with Gasteiger partial charge in [-0.25, -0.2) is 4.79 Å². The fourth-order valence-corrected chi connectivity index (χ4v) is 2.91. The number of aryl methyl sites for hydroxylation is 2. The molecule has 1 amide bonds. The Morgan fingerprint density at radius 2 is 1.92 bits per heavy atom. The Kier molecular flexibility index (Phi) is 6.41. The molecule has 0 aromatic heterocycles. The Morgan fingerprint density at radius 1 is 1.24 bits per heavy atom. The molecule has 0 atom stereocenters. The molecule has 2 N–H and O–H groups in total. The molecule has 0 unspecified atom stereocenters. The number of methoxy groups -OCH3 is 1. The maximum Gasteiger partial charge on any atom is 0.438 e. The average Bonchev–Trinajstić information content (AvgIpc) is 2.61. The van der Waals surface area contributed by atoms with Crippen LogP contribution in [0.3, 0.4) is 0 Å². The van der Waals surface area contributed by atoms with Gasteiger partial charge in [-0.15, -0.1) is 0 Å². The molecular weight excluding hydrogens is 390 g/mol. The van der Waals surface area contributed by atoms with Gasteiger partial charge in [-0.05, 0) is 64.7 Å². The Bertz CT molecular complexity index is 778. The van der Waals surface area contributed by atoms with Crippen molar-refractivity contribution in [2.45, 2.75) is 27.1 Å². The van der Waals surface area contributed by atoms with Gasteiger partial charge < -0.3 is 14.6 Å². The molecule has 0 aliphatic heterocycles. The molecule has 2 aromatic rings. The van der Waals surface area contributed by atoms with Gasteiger partial charge in [-0.3, -0.25) is 5.21 Å². The predicted molar refractivity (Wildman–Crippen MR) is 97.0 cm³/mol. The molecular formula is C18H20BrNO5. The highest BCUT2D eigenvalue weighted by Crippen LogP contribution is 2.31. The van der Waals surface area contributed by atoms with E-state index in [1.165, 1.54) is 7.11 Å². The van der Waals surface area contributed by atoms with Crippen molar-refractivity contribution in [2.24, 2.45) is 0 Å². The van der Waals surface area contributed by atoms with Gasteiger partial charge >= 0.3 is 6.09 Å². The number of hydrogen-bond acceptors (Lipinski definition) is 5. The van der Waals surface area contributed by atoms with Crippen LogP contribution in [0.5, 0.6) is 5.75 Å². The van der Waals surface area contributed by atoms with Gasteiger partial charge in [0, 0.05) is 5.56 Å². The van der Waals surface area contributed by atoms with Crippen molar-refractivity contribution in [2.75, 3.05) is 12.2 Å². The molecule has 7 heteroatoms. The molecule has 0 saturated heterocycles. The van der Waals surface area contributed by atoms with Crippen LogP contribution in [0.15, 0.2) is 34.8 Å². The molecule has 0 heterocycles. The minimum absolute atomic E-state index is 0.0568. The summed E-state index contributed by atoms with van der Waals surface area (Å²) in [6.07, 6.45) is -0.927. The molecule has 134 valence electrons. The molecule has 25 heavy (non-hydrogen) atoms. The number of ether oxygens (including phenoxy) is 2. The minimum atomic E-state index is -0.927. The first-order chi connectivity index (χ1) is 11.9. The highest BCUT2D eigenvalue weighted by molar-refractivity contribution is 9.10. The third kappa shape index (κ3) is 4.31. The molecule has 0 bridgehead atoms. The summed E-state index contributed by atoms with van der Waals surface area (Å²) in [7, 11) is 1.17. The number of amides is 1. The lowest BCUT2D eigenvalue weighted by molar-refractivity contribution is 0.140. The lowest BCUT2D eigenvalue weighted by Crippen LogP contribution is -2.28. The SMILES string of the molecule is COC(=O)N(O)c1cccc(CO)c1COc1cc(C)c(C)cc1Br. The zero-order valence-corrected chi connectivity index (χ0v) is 15.8. The molecule has 0 radical (unpaired) electrons. The van der Waals surface area contributed by atoms with E-state index in [4.69, 9.17) is 4.74 Å². The number of anilines is 1. The highest BCUT2D eigenvalue weighted by Gasteiger charge is 2.20. The van der Waals surface area contributed by atoms with E-state index in [1.807, 2.05) is 26.0 Å². The third-order valence-corrected chi connectivity index (χ3v) is 4.53. The summed E-state index contributed by atoms with van der Waals surface area (Å²) in [6, 6.07) is 8.73. The number of halogens is 1. The second-order valence-corrected chi connectivity index (χ2v) is 6.36. The van der Waals surface area contributed by atoms with Crippen molar-refractivity contribution in [1.82, 2.24) is 0 Å². The van der Waals surface area contributed by atoms with Crippen molar-refractivity contribution in [3.8, 4) is 5.75 Å². The zero-order valence-electron chi connectivity index (χ0n) is 14.2. The Balaban J connectivity index is 2.35. The van der Waals surface area contributed by atoms with E-state index in [9.17, 15) is 15.1 Å². The summed E-state index contributed by atoms with van der Waals surface area (Å²) in [5, 5.41) is 20.0. The summed E-state index contributed by atoms with van der Waals surface area (Å²) in [4.78, 5) is 11.6. The van der Waals surface area contributed by atoms with Gasteiger partial charge in [-0.2, -0.15) is 5.06 Å². The number of nitrogens with zero attached hydrogens (tertiary/aromatic N) is 1. The number of hydroxylamine groups is 1. The number of rotatable bonds is 5. The minimum Gasteiger partial charge on any atom is -0.488 e. The van der Waals surface area contributed by atoms with Crippen LogP contribution in [0.4, 0.5) is 10.5 Å². The van der Waals surface area contributed by atoms with Gasteiger partial charge in [0.05, 0.1) is 23.9 Å². The number of aliphatic hydroxyl groups excluding tert-OH is 1. The summed E-state index contributed by atoms with van der Waals surface area (Å²) in [6.45, 7) is 3.79. The maximum atomic E-state index is 11.6. The Hall–Kier alpha value is -2.09. The van der Waals surface area contributed by atoms with Crippen LogP contribution >= 0.6 is 15.9 Å². The van der Waals surface area contributed by atoms with Crippen molar-refractivity contribution in [3.63, 3.8) is 0 Å². The molecule has 0 fully saturated rings. The van der Waals surface area contributed by atoms with Crippen molar-refractivity contribution < 1.29 is 24.6 Å². The number of carbonyl (C=O) groups excluding carboxylic acids is 1. The quantitative estimate of drug-likeness (QED) is 0.573. The predicted octanol–water partition coefficient (Wildman–Crippen LogP) is 4.10. The monoisotopic (exact) mass is 409 g/mol. The fraction of sp³-hybridized carbons (Fsp3) is 0.278. The van der Waals surface area contributed by atoms with Gasteiger partial charge in [0.25, 0.3) is 0 Å². The van der Waals surface area contributed by atoms with Crippen molar-refractivity contribution in [1.29, 1.82) is 0 Å². The molecule has 0 spiro atoms. The first-order valence-corrected chi connectivity index (χ1v) is 8.36. The number of hydrogen-bond donors (Lipinski definition) is 2. The summed E-state index contributed by atoms with van der Waals surface area (Å²) < 4.78 is 11.2. The molecule has 2 rings (SSSR count). The van der Waals surface area contributed by atoms with E-state index in [0.717, 1.165) is 15.6 Å². The second kappa shape index (κ2) is 8.33. The van der Waals surface area contributed by atoms with Crippen LogP contribution in [0.1, 0.15) is 22.3 Å². The first-order valence-electron chi connectivity index (χ1n) is 7.57. The lowest BCUT2D eigenvalue weighted by atomic mass is 10.1. The second-order valence-electron chi connectivity index (χ2n) is 5.51. The van der Waals surface area contributed by atoms with Crippen molar-refractivity contribution in [3.05, 3.63) is 57.1 Å². The van der Waals surface area contributed by atoms with Crippen LogP contribution < -0.4 is 9.80 Å². The van der Waals surface area contributed by atoms with Crippen LogP contribution in [0.25, 0.3) is 0 Å². The molecule has 0 saturated carbocycles. The van der Waals surface area contributed by atoms with E-state index < -0.39 is 6.09 Å². The summed E-state index contributed by atoms with van der Waals surface area (Å²) in [5.74, 6) is 0.629. The van der Waals surface area contributed by atoms with E-state index in [2.05, 4.69) is 20.7 Å². The largest absolute Gasteiger partial charge is 0.488 e. The van der Waals surface area contributed by atoms with E-state index in [0.29, 0.717) is 21.9 Å². The maximum absolute atomic E-state index is 11.6. The fourth-order valence-electron chi connectivity index (χ4n) is 2.33. The average molecular weight is 410 g/mol. The van der Waals surface area contributed by atoms with Crippen LogP contribution in [-0.4, -0.2) is 23.5 Å². The van der Waals surface area contributed by atoms with Gasteiger partial charge in [-0.1, -0.05) is 12.1 Å². The lowest BCUT2D eigenvalue weighted by Gasteiger charge is -2.20. The normalized spacial score (nSPS) is 10.5. The van der Waals surface area contributed by atoms with Gasteiger partial charge in [0.2, 0.25) is 0 Å². The number of carbonyl (C=O) groups is 1.